The highest BCUT2D eigenvalue weighted by Crippen LogP contribution is 2.37. The van der Waals surface area contributed by atoms with Crippen molar-refractivity contribution in [2.75, 3.05) is 19.7 Å². The first-order chi connectivity index (χ1) is 9.62. The van der Waals surface area contributed by atoms with Crippen LogP contribution in [0.25, 0.3) is 0 Å². The van der Waals surface area contributed by atoms with Gasteiger partial charge >= 0.3 is 0 Å². The van der Waals surface area contributed by atoms with Crippen LogP contribution in [0, 0.1) is 5.41 Å². The van der Waals surface area contributed by atoms with Crippen molar-refractivity contribution in [3.63, 3.8) is 0 Å². The Bertz CT molecular complexity index is 331. The molecule has 0 unspecified atom stereocenters. The maximum Gasteiger partial charge on any atom is 0.236 e. The van der Waals surface area contributed by atoms with Gasteiger partial charge in [0.15, 0.2) is 5.84 Å². The van der Waals surface area contributed by atoms with E-state index in [2.05, 4.69) is 5.16 Å². The van der Waals surface area contributed by atoms with Gasteiger partial charge in [-0.05, 0) is 19.3 Å². The van der Waals surface area contributed by atoms with Gasteiger partial charge in [0.2, 0.25) is 5.91 Å². The zero-order chi connectivity index (χ0) is 15.0. The molecule has 0 aromatic heterocycles. The molecular weight excluding hydrogens is 258 g/mol. The number of hydrogen-bond acceptors (Lipinski definition) is 4. The van der Waals surface area contributed by atoms with E-state index < -0.39 is 5.41 Å². The van der Waals surface area contributed by atoms with E-state index >= 15 is 0 Å². The SMILES string of the molecule is CCCN(CCO)C(=O)C1(C(N)=NO)CCCCCC1. The highest BCUT2D eigenvalue weighted by atomic mass is 16.4. The van der Waals surface area contributed by atoms with E-state index in [-0.39, 0.29) is 18.3 Å². The summed E-state index contributed by atoms with van der Waals surface area (Å²) >= 11 is 0. The Morgan fingerprint density at radius 1 is 1.25 bits per heavy atom. The second kappa shape index (κ2) is 8.09. The van der Waals surface area contributed by atoms with Crippen molar-refractivity contribution in [2.45, 2.75) is 51.9 Å². The number of amides is 1. The fraction of sp³-hybridized carbons (Fsp3) is 0.857. The number of nitrogens with two attached hydrogens (primary N) is 1. The summed E-state index contributed by atoms with van der Waals surface area (Å²) in [6.07, 6.45) is 6.00. The number of carbonyl (C=O) groups is 1. The quantitative estimate of drug-likeness (QED) is 0.225. The molecule has 1 saturated carbocycles. The van der Waals surface area contributed by atoms with Crippen molar-refractivity contribution in [2.24, 2.45) is 16.3 Å². The van der Waals surface area contributed by atoms with Gasteiger partial charge in [0.25, 0.3) is 0 Å². The monoisotopic (exact) mass is 285 g/mol. The Morgan fingerprint density at radius 3 is 2.30 bits per heavy atom. The smallest absolute Gasteiger partial charge is 0.236 e. The lowest BCUT2D eigenvalue weighted by Crippen LogP contribution is -2.52. The standard InChI is InChI=1S/C14H27N3O3/c1-2-9-17(10-11-18)13(19)14(12(15)16-20)7-5-3-4-6-8-14/h18,20H,2-11H2,1H3,(H2,15,16). The van der Waals surface area contributed by atoms with Gasteiger partial charge in [-0.25, -0.2) is 0 Å². The summed E-state index contributed by atoms with van der Waals surface area (Å²) in [4.78, 5) is 14.5. The molecule has 0 bridgehead atoms. The predicted octanol–water partition coefficient (Wildman–Crippen LogP) is 1.30. The molecule has 0 aromatic rings. The lowest BCUT2D eigenvalue weighted by molar-refractivity contribution is -0.139. The van der Waals surface area contributed by atoms with Crippen LogP contribution in [-0.2, 0) is 4.79 Å². The number of aliphatic hydroxyl groups is 1. The van der Waals surface area contributed by atoms with E-state index in [1.54, 1.807) is 4.90 Å². The summed E-state index contributed by atoms with van der Waals surface area (Å²) in [6, 6.07) is 0. The molecule has 0 radical (unpaired) electrons. The lowest BCUT2D eigenvalue weighted by atomic mass is 9.77. The molecule has 1 amide bonds. The molecule has 4 N–H and O–H groups in total. The van der Waals surface area contributed by atoms with E-state index in [9.17, 15) is 4.79 Å². The molecule has 0 aromatic carbocycles. The van der Waals surface area contributed by atoms with Gasteiger partial charge in [-0.2, -0.15) is 0 Å². The largest absolute Gasteiger partial charge is 0.409 e. The number of amidine groups is 1. The average molecular weight is 285 g/mol. The van der Waals surface area contributed by atoms with Crippen molar-refractivity contribution >= 4 is 11.7 Å². The molecule has 1 fully saturated rings. The summed E-state index contributed by atoms with van der Waals surface area (Å²) in [6.45, 7) is 2.80. The third-order valence-electron chi connectivity index (χ3n) is 4.12. The van der Waals surface area contributed by atoms with Gasteiger partial charge in [-0.3, -0.25) is 4.79 Å². The molecule has 6 nitrogen and oxygen atoms in total. The van der Waals surface area contributed by atoms with E-state index in [4.69, 9.17) is 16.0 Å². The second-order valence-corrected chi connectivity index (χ2v) is 5.50. The van der Waals surface area contributed by atoms with Crippen LogP contribution in [0.5, 0.6) is 0 Å². The molecule has 0 aliphatic heterocycles. The van der Waals surface area contributed by atoms with E-state index in [1.165, 1.54) is 0 Å². The van der Waals surface area contributed by atoms with Crippen LogP contribution < -0.4 is 5.73 Å². The third kappa shape index (κ3) is 3.62. The number of aliphatic hydroxyl groups excluding tert-OH is 1. The van der Waals surface area contributed by atoms with Crippen LogP contribution in [0.4, 0.5) is 0 Å². The normalized spacial score (nSPS) is 19.4. The summed E-state index contributed by atoms with van der Waals surface area (Å²) in [7, 11) is 0. The first kappa shape index (κ1) is 16.8. The third-order valence-corrected chi connectivity index (χ3v) is 4.12. The highest BCUT2D eigenvalue weighted by Gasteiger charge is 2.45. The summed E-state index contributed by atoms with van der Waals surface area (Å²) in [5.74, 6) is -0.0888. The molecule has 0 atom stereocenters. The van der Waals surface area contributed by atoms with Crippen LogP contribution in [0.1, 0.15) is 51.9 Å². The van der Waals surface area contributed by atoms with E-state index in [0.29, 0.717) is 25.9 Å². The number of carbonyl (C=O) groups excluding carboxylic acids is 1. The predicted molar refractivity (Wildman–Crippen MR) is 77.5 cm³/mol. The average Bonchev–Trinajstić information content (AvgIpc) is 2.72. The molecule has 0 heterocycles. The van der Waals surface area contributed by atoms with Crippen molar-refractivity contribution in [1.29, 1.82) is 0 Å². The van der Waals surface area contributed by atoms with Crippen LogP contribution in [0.3, 0.4) is 0 Å². The first-order valence-electron chi connectivity index (χ1n) is 7.50. The Kier molecular flexibility index (Phi) is 6.78. The molecular formula is C14H27N3O3. The molecule has 0 spiro atoms. The Morgan fingerprint density at radius 2 is 1.85 bits per heavy atom. The minimum atomic E-state index is -0.893. The molecule has 20 heavy (non-hydrogen) atoms. The van der Waals surface area contributed by atoms with Gasteiger partial charge in [0.1, 0.15) is 5.41 Å². The van der Waals surface area contributed by atoms with Crippen molar-refractivity contribution in [3.8, 4) is 0 Å². The van der Waals surface area contributed by atoms with Crippen molar-refractivity contribution in [1.82, 2.24) is 4.90 Å². The fourth-order valence-electron chi connectivity index (χ4n) is 3.02. The Labute approximate surface area is 120 Å². The molecule has 1 rings (SSSR count). The molecule has 0 saturated heterocycles. The second-order valence-electron chi connectivity index (χ2n) is 5.50. The zero-order valence-corrected chi connectivity index (χ0v) is 12.3. The summed E-state index contributed by atoms with van der Waals surface area (Å²) < 4.78 is 0. The molecule has 6 heteroatoms. The maximum absolute atomic E-state index is 12.9. The highest BCUT2D eigenvalue weighted by molar-refractivity contribution is 6.06. The zero-order valence-electron chi connectivity index (χ0n) is 12.3. The Hall–Kier alpha value is -1.30. The topological polar surface area (TPSA) is 99.2 Å². The number of hydrogen-bond donors (Lipinski definition) is 3. The minimum Gasteiger partial charge on any atom is -0.409 e. The van der Waals surface area contributed by atoms with Gasteiger partial charge in [-0.1, -0.05) is 37.8 Å². The molecule has 1 aliphatic carbocycles. The van der Waals surface area contributed by atoms with Crippen LogP contribution in [0.2, 0.25) is 0 Å². The fourth-order valence-corrected chi connectivity index (χ4v) is 3.02. The van der Waals surface area contributed by atoms with Crippen LogP contribution >= 0.6 is 0 Å². The van der Waals surface area contributed by atoms with Gasteiger partial charge in [0.05, 0.1) is 6.61 Å². The van der Waals surface area contributed by atoms with Crippen molar-refractivity contribution in [3.05, 3.63) is 0 Å². The van der Waals surface area contributed by atoms with Crippen LogP contribution in [-0.4, -0.2) is 46.7 Å². The Balaban J connectivity index is 3.04. The van der Waals surface area contributed by atoms with Crippen LogP contribution in [0.15, 0.2) is 5.16 Å². The van der Waals surface area contributed by atoms with Crippen molar-refractivity contribution < 1.29 is 15.1 Å². The summed E-state index contributed by atoms with van der Waals surface area (Å²) in [5.41, 5.74) is 4.98. The van der Waals surface area contributed by atoms with E-state index in [1.807, 2.05) is 6.92 Å². The van der Waals surface area contributed by atoms with Gasteiger partial charge < -0.3 is 20.9 Å². The first-order valence-corrected chi connectivity index (χ1v) is 7.50. The molecule has 116 valence electrons. The number of nitrogens with zero attached hydrogens (tertiary/aromatic N) is 2. The van der Waals surface area contributed by atoms with E-state index in [0.717, 1.165) is 32.1 Å². The number of rotatable bonds is 6. The summed E-state index contributed by atoms with van der Waals surface area (Å²) in [5, 5.41) is 21.4. The van der Waals surface area contributed by atoms with Gasteiger partial charge in [-0.15, -0.1) is 0 Å². The van der Waals surface area contributed by atoms with Gasteiger partial charge in [0, 0.05) is 13.1 Å². The number of oxime groups is 1. The minimum absolute atomic E-state index is 0.0171. The lowest BCUT2D eigenvalue weighted by Gasteiger charge is -2.35. The molecule has 1 aliphatic rings. The maximum atomic E-state index is 12.9.